The van der Waals surface area contributed by atoms with Gasteiger partial charge in [0.2, 0.25) is 0 Å². The molecule has 0 amide bonds. The maximum Gasteiger partial charge on any atom is 0.136 e. The highest BCUT2D eigenvalue weighted by Crippen LogP contribution is 2.50. The number of β-amino-alcohol motifs (C(OH)–C–C–N with tert-alkyl or cyclic N) is 1. The molecule has 0 bridgehead atoms. The first-order valence-electron chi connectivity index (χ1n) is 8.06. The summed E-state index contributed by atoms with van der Waals surface area (Å²) in [4.78, 5) is 2.32. The van der Waals surface area contributed by atoms with Crippen LogP contribution in [0.5, 0.6) is 5.75 Å². The van der Waals surface area contributed by atoms with Crippen molar-refractivity contribution in [2.45, 2.75) is 24.5 Å². The minimum Gasteiger partial charge on any atom is -0.484 e. The Morgan fingerprint density at radius 2 is 1.82 bits per heavy atom. The third-order valence-electron chi connectivity index (χ3n) is 5.07. The number of nitrogens with zero attached hydrogens (tertiary/aromatic N) is 2. The largest absolute Gasteiger partial charge is 0.484 e. The fraction of sp³-hybridized carbons (Fsp3) is 0.444. The van der Waals surface area contributed by atoms with Gasteiger partial charge in [-0.1, -0.05) is 18.2 Å². The molecule has 1 saturated heterocycles. The minimum absolute atomic E-state index is 0.158. The van der Waals surface area contributed by atoms with E-state index in [1.807, 2.05) is 6.07 Å². The molecule has 22 heavy (non-hydrogen) atoms. The van der Waals surface area contributed by atoms with E-state index in [4.69, 9.17) is 9.84 Å². The molecule has 0 saturated carbocycles. The number of fused-ring (bicyclic) bond motifs is 1. The van der Waals surface area contributed by atoms with Gasteiger partial charge in [-0.3, -0.25) is 0 Å². The summed E-state index contributed by atoms with van der Waals surface area (Å²) in [6.45, 7) is 2.95. The van der Waals surface area contributed by atoms with Gasteiger partial charge in [-0.15, -0.1) is 0 Å². The van der Waals surface area contributed by atoms with Crippen LogP contribution in [0.1, 0.15) is 24.4 Å². The molecule has 0 radical (unpaired) electrons. The molecule has 4 rings (SSSR count). The van der Waals surface area contributed by atoms with E-state index in [0.29, 0.717) is 0 Å². The Hall–Kier alpha value is -1.78. The lowest BCUT2D eigenvalue weighted by Gasteiger charge is -2.42. The second-order valence-electron chi connectivity index (χ2n) is 6.30. The van der Waals surface area contributed by atoms with Gasteiger partial charge in [0.1, 0.15) is 17.4 Å². The highest BCUT2D eigenvalue weighted by Gasteiger charge is 2.50. The second-order valence-corrected chi connectivity index (χ2v) is 6.30. The Bertz CT molecular complexity index is 630. The van der Waals surface area contributed by atoms with E-state index in [9.17, 15) is 0 Å². The van der Waals surface area contributed by atoms with Crippen LogP contribution in [-0.2, 0) is 0 Å². The molecule has 2 aliphatic rings. The summed E-state index contributed by atoms with van der Waals surface area (Å²) in [7, 11) is 0. The smallest absolute Gasteiger partial charge is 0.136 e. The van der Waals surface area contributed by atoms with Crippen LogP contribution in [0.25, 0.3) is 0 Å². The van der Waals surface area contributed by atoms with Crippen molar-refractivity contribution < 1.29 is 9.84 Å². The predicted molar refractivity (Wildman–Crippen MR) is 85.1 cm³/mol. The predicted octanol–water partition coefficient (Wildman–Crippen LogP) is 2.30. The van der Waals surface area contributed by atoms with Gasteiger partial charge in [0, 0.05) is 50.4 Å². The van der Waals surface area contributed by atoms with Crippen molar-refractivity contribution in [1.82, 2.24) is 9.47 Å². The van der Waals surface area contributed by atoms with E-state index in [2.05, 4.69) is 52.2 Å². The number of aromatic nitrogens is 1. The van der Waals surface area contributed by atoms with Crippen molar-refractivity contribution in [3.63, 3.8) is 0 Å². The van der Waals surface area contributed by atoms with Crippen molar-refractivity contribution in [1.29, 1.82) is 0 Å². The summed E-state index contributed by atoms with van der Waals surface area (Å²) >= 11 is 0. The van der Waals surface area contributed by atoms with Crippen molar-refractivity contribution >= 4 is 0 Å². The normalized spacial score (nSPS) is 23.4. The van der Waals surface area contributed by atoms with Crippen LogP contribution >= 0.6 is 0 Å². The van der Waals surface area contributed by atoms with Gasteiger partial charge in [0.25, 0.3) is 0 Å². The van der Waals surface area contributed by atoms with E-state index >= 15 is 0 Å². The minimum atomic E-state index is -0.158. The Labute approximate surface area is 130 Å². The summed E-state index contributed by atoms with van der Waals surface area (Å²) < 4.78 is 8.77. The van der Waals surface area contributed by atoms with E-state index < -0.39 is 0 Å². The second kappa shape index (κ2) is 5.45. The Balaban J connectivity index is 1.68. The number of para-hydroxylation sites is 1. The molecule has 4 heteroatoms. The number of hydrogen-bond donors (Lipinski definition) is 1. The summed E-state index contributed by atoms with van der Waals surface area (Å²) in [6, 6.07) is 12.8. The van der Waals surface area contributed by atoms with Gasteiger partial charge in [-0.05, 0) is 18.2 Å². The maximum absolute atomic E-state index is 9.14. The van der Waals surface area contributed by atoms with E-state index in [-0.39, 0.29) is 18.2 Å². The van der Waals surface area contributed by atoms with Crippen LogP contribution in [0.2, 0.25) is 0 Å². The van der Waals surface area contributed by atoms with Crippen LogP contribution in [0.4, 0.5) is 0 Å². The number of piperidine rings is 1. The third kappa shape index (κ3) is 2.14. The molecule has 1 N–H and O–H groups in total. The number of aliphatic hydroxyl groups is 1. The molecule has 1 aromatic heterocycles. The van der Waals surface area contributed by atoms with E-state index in [0.717, 1.165) is 38.2 Å². The van der Waals surface area contributed by atoms with Gasteiger partial charge in [0.05, 0.1) is 6.61 Å². The highest BCUT2D eigenvalue weighted by molar-refractivity contribution is 5.43. The fourth-order valence-corrected chi connectivity index (χ4v) is 3.98. The fourth-order valence-electron chi connectivity index (χ4n) is 3.98. The van der Waals surface area contributed by atoms with Crippen LogP contribution in [0, 0.1) is 0 Å². The van der Waals surface area contributed by atoms with E-state index in [1.54, 1.807) is 0 Å². The molecule has 4 nitrogen and oxygen atoms in total. The Morgan fingerprint density at radius 1 is 1.09 bits per heavy atom. The van der Waals surface area contributed by atoms with Gasteiger partial charge >= 0.3 is 0 Å². The SMILES string of the molecule is OCCN1CCC2(CC1)Oc1ccccc1[C@@H]2n1cccc1. The lowest BCUT2D eigenvalue weighted by molar-refractivity contribution is -0.0100. The number of hydrogen-bond acceptors (Lipinski definition) is 3. The summed E-state index contributed by atoms with van der Waals surface area (Å²) in [5.41, 5.74) is 1.13. The quantitative estimate of drug-likeness (QED) is 0.945. The molecule has 1 fully saturated rings. The molecule has 1 spiro atoms. The van der Waals surface area contributed by atoms with Crippen molar-refractivity contribution in [2.75, 3.05) is 26.2 Å². The lowest BCUT2D eigenvalue weighted by Crippen LogP contribution is -2.51. The number of benzene rings is 1. The monoisotopic (exact) mass is 298 g/mol. The molecule has 3 heterocycles. The zero-order valence-corrected chi connectivity index (χ0v) is 12.7. The molecule has 0 unspecified atom stereocenters. The van der Waals surface area contributed by atoms with Gasteiger partial charge in [-0.25, -0.2) is 0 Å². The first-order valence-corrected chi connectivity index (χ1v) is 8.06. The van der Waals surface area contributed by atoms with Crippen molar-refractivity contribution in [3.05, 3.63) is 54.4 Å². The summed E-state index contributed by atoms with van der Waals surface area (Å²) in [5, 5.41) is 9.14. The summed E-state index contributed by atoms with van der Waals surface area (Å²) in [6.07, 6.45) is 6.25. The highest BCUT2D eigenvalue weighted by atomic mass is 16.5. The summed E-state index contributed by atoms with van der Waals surface area (Å²) in [5.74, 6) is 1.02. The zero-order valence-electron chi connectivity index (χ0n) is 12.7. The van der Waals surface area contributed by atoms with Gasteiger partial charge in [0.15, 0.2) is 0 Å². The Morgan fingerprint density at radius 3 is 2.55 bits per heavy atom. The average Bonchev–Trinajstić information content (AvgIpc) is 3.15. The molecule has 1 atom stereocenters. The number of ether oxygens (including phenoxy) is 1. The first kappa shape index (κ1) is 13.9. The molecular formula is C18H22N2O2. The van der Waals surface area contributed by atoms with Crippen LogP contribution in [-0.4, -0.2) is 46.4 Å². The van der Waals surface area contributed by atoms with Gasteiger partial charge < -0.3 is 19.3 Å². The molecular weight excluding hydrogens is 276 g/mol. The average molecular weight is 298 g/mol. The topological polar surface area (TPSA) is 37.6 Å². The molecule has 2 aromatic rings. The van der Waals surface area contributed by atoms with E-state index in [1.165, 1.54) is 5.56 Å². The van der Waals surface area contributed by atoms with Crippen molar-refractivity contribution in [3.8, 4) is 5.75 Å². The molecule has 0 aliphatic carbocycles. The maximum atomic E-state index is 9.14. The number of rotatable bonds is 3. The molecule has 116 valence electrons. The van der Waals surface area contributed by atoms with Gasteiger partial charge in [-0.2, -0.15) is 0 Å². The molecule has 2 aliphatic heterocycles. The standard InChI is InChI=1S/C18H22N2O2/c21-14-13-19-11-7-18(8-12-19)17(20-9-3-4-10-20)15-5-1-2-6-16(15)22-18/h1-6,9-10,17,21H,7-8,11-14H2/t17-/m0/s1. The Kier molecular flexibility index (Phi) is 3.43. The third-order valence-corrected chi connectivity index (χ3v) is 5.07. The number of likely N-dealkylation sites (tertiary alicyclic amines) is 1. The number of aliphatic hydroxyl groups excluding tert-OH is 1. The van der Waals surface area contributed by atoms with Crippen LogP contribution in [0.15, 0.2) is 48.8 Å². The zero-order chi connectivity index (χ0) is 15.0. The van der Waals surface area contributed by atoms with Crippen LogP contribution in [0.3, 0.4) is 0 Å². The van der Waals surface area contributed by atoms with Crippen LogP contribution < -0.4 is 4.74 Å². The lowest BCUT2D eigenvalue weighted by atomic mass is 9.82. The first-order chi connectivity index (χ1) is 10.8. The molecule has 1 aromatic carbocycles. The van der Waals surface area contributed by atoms with Crippen molar-refractivity contribution in [2.24, 2.45) is 0 Å².